The number of methoxy groups -OCH3 is 1. The zero-order valence-corrected chi connectivity index (χ0v) is 14.5. The zero-order chi connectivity index (χ0) is 17.3. The van der Waals surface area contributed by atoms with E-state index in [4.69, 9.17) is 9.72 Å². The van der Waals surface area contributed by atoms with Crippen molar-refractivity contribution in [3.8, 4) is 11.4 Å². The number of rotatable bonds is 3. The van der Waals surface area contributed by atoms with Crippen LogP contribution in [0.2, 0.25) is 0 Å². The Kier molecular flexibility index (Phi) is 4.14. The monoisotopic (exact) mass is 322 g/mol. The van der Waals surface area contributed by atoms with E-state index in [2.05, 4.69) is 45.0 Å². The molecule has 3 aromatic rings. The molecule has 4 nitrogen and oxygen atoms in total. The summed E-state index contributed by atoms with van der Waals surface area (Å²) in [5.74, 6) is 0.493. The second-order valence-corrected chi connectivity index (χ2v) is 6.91. The molecule has 2 aromatic carbocycles. The predicted molar refractivity (Wildman–Crippen MR) is 95.9 cm³/mol. The van der Waals surface area contributed by atoms with Crippen molar-refractivity contribution in [2.45, 2.75) is 32.7 Å². The van der Waals surface area contributed by atoms with Crippen molar-refractivity contribution in [2.24, 2.45) is 0 Å². The van der Waals surface area contributed by atoms with Gasteiger partial charge in [0.15, 0.2) is 0 Å². The van der Waals surface area contributed by atoms with Crippen LogP contribution in [-0.2, 0) is 21.5 Å². The molecule has 0 aliphatic carbocycles. The summed E-state index contributed by atoms with van der Waals surface area (Å²) < 4.78 is 6.75. The van der Waals surface area contributed by atoms with Gasteiger partial charge in [-0.3, -0.25) is 4.79 Å². The van der Waals surface area contributed by atoms with Crippen LogP contribution in [0.15, 0.2) is 48.5 Å². The summed E-state index contributed by atoms with van der Waals surface area (Å²) in [7, 11) is 1.40. The second-order valence-electron chi connectivity index (χ2n) is 6.91. The van der Waals surface area contributed by atoms with Crippen LogP contribution >= 0.6 is 0 Å². The first-order valence-electron chi connectivity index (χ1n) is 8.03. The summed E-state index contributed by atoms with van der Waals surface area (Å²) >= 11 is 0. The van der Waals surface area contributed by atoms with Gasteiger partial charge >= 0.3 is 5.97 Å². The fraction of sp³-hybridized carbons (Fsp3) is 0.300. The molecule has 0 N–H and O–H groups in total. The molecular weight excluding hydrogens is 300 g/mol. The van der Waals surface area contributed by atoms with Gasteiger partial charge in [-0.15, -0.1) is 0 Å². The molecule has 0 saturated heterocycles. The van der Waals surface area contributed by atoms with Gasteiger partial charge in [-0.25, -0.2) is 4.98 Å². The van der Waals surface area contributed by atoms with Crippen molar-refractivity contribution >= 4 is 17.0 Å². The molecule has 0 aliphatic heterocycles. The Morgan fingerprint density at radius 2 is 1.75 bits per heavy atom. The topological polar surface area (TPSA) is 44.1 Å². The number of esters is 1. The standard InChI is InChI=1S/C20H22N2O2/c1-20(2,3)15-11-9-14(10-12-15)19-21-16-7-5-6-8-17(16)22(19)13-18(23)24-4/h5-12H,13H2,1-4H3. The molecule has 1 heterocycles. The van der Waals surface area contributed by atoms with Gasteiger partial charge in [-0.1, -0.05) is 57.2 Å². The number of carbonyl (C=O) groups excluding carboxylic acids is 1. The van der Waals surface area contributed by atoms with Crippen LogP contribution in [0.1, 0.15) is 26.3 Å². The molecule has 0 saturated carbocycles. The normalized spacial score (nSPS) is 11.7. The molecule has 0 bridgehead atoms. The fourth-order valence-electron chi connectivity index (χ4n) is 2.77. The van der Waals surface area contributed by atoms with Crippen molar-refractivity contribution in [3.05, 3.63) is 54.1 Å². The molecule has 124 valence electrons. The second kappa shape index (κ2) is 6.11. The smallest absolute Gasteiger partial charge is 0.325 e. The maximum atomic E-state index is 11.8. The first-order valence-corrected chi connectivity index (χ1v) is 8.03. The average Bonchev–Trinajstić information content (AvgIpc) is 2.93. The third-order valence-corrected chi connectivity index (χ3v) is 4.18. The Bertz CT molecular complexity index is 871. The van der Waals surface area contributed by atoms with Gasteiger partial charge in [0.05, 0.1) is 18.1 Å². The van der Waals surface area contributed by atoms with Crippen molar-refractivity contribution in [2.75, 3.05) is 7.11 Å². The van der Waals surface area contributed by atoms with Gasteiger partial charge in [0.1, 0.15) is 12.4 Å². The Hall–Kier alpha value is -2.62. The number of ether oxygens (including phenoxy) is 1. The van der Waals surface area contributed by atoms with Gasteiger partial charge in [0, 0.05) is 5.56 Å². The lowest BCUT2D eigenvalue weighted by Crippen LogP contribution is -2.13. The van der Waals surface area contributed by atoms with Crippen molar-refractivity contribution in [3.63, 3.8) is 0 Å². The van der Waals surface area contributed by atoms with Crippen molar-refractivity contribution in [1.82, 2.24) is 9.55 Å². The van der Waals surface area contributed by atoms with Crippen molar-refractivity contribution < 1.29 is 9.53 Å². The molecule has 0 amide bonds. The number of aromatic nitrogens is 2. The van der Waals surface area contributed by atoms with E-state index in [0.29, 0.717) is 0 Å². The molecule has 0 radical (unpaired) electrons. The van der Waals surface area contributed by atoms with Gasteiger partial charge in [0.25, 0.3) is 0 Å². The molecule has 0 spiro atoms. The van der Waals surface area contributed by atoms with E-state index in [9.17, 15) is 4.79 Å². The fourth-order valence-corrected chi connectivity index (χ4v) is 2.77. The van der Waals surface area contributed by atoms with Crippen LogP contribution in [0.4, 0.5) is 0 Å². The number of hydrogen-bond donors (Lipinski definition) is 0. The van der Waals surface area contributed by atoms with E-state index in [-0.39, 0.29) is 17.9 Å². The Balaban J connectivity index is 2.11. The minimum Gasteiger partial charge on any atom is -0.468 e. The van der Waals surface area contributed by atoms with E-state index in [1.165, 1.54) is 12.7 Å². The lowest BCUT2D eigenvalue weighted by atomic mass is 9.87. The van der Waals surface area contributed by atoms with Crippen LogP contribution in [-0.4, -0.2) is 22.6 Å². The van der Waals surface area contributed by atoms with Crippen LogP contribution < -0.4 is 0 Å². The molecule has 0 aliphatic rings. The zero-order valence-electron chi connectivity index (χ0n) is 14.5. The third kappa shape index (κ3) is 3.04. The summed E-state index contributed by atoms with van der Waals surface area (Å²) in [6.07, 6.45) is 0. The maximum absolute atomic E-state index is 11.8. The van der Waals surface area contributed by atoms with Gasteiger partial charge in [-0.2, -0.15) is 0 Å². The number of fused-ring (bicyclic) bond motifs is 1. The molecule has 1 aromatic heterocycles. The third-order valence-electron chi connectivity index (χ3n) is 4.18. The Morgan fingerprint density at radius 1 is 1.08 bits per heavy atom. The Labute approximate surface area is 142 Å². The molecule has 24 heavy (non-hydrogen) atoms. The first-order chi connectivity index (χ1) is 11.4. The molecule has 4 heteroatoms. The molecule has 0 unspecified atom stereocenters. The maximum Gasteiger partial charge on any atom is 0.325 e. The number of benzene rings is 2. The predicted octanol–water partition coefficient (Wildman–Crippen LogP) is 4.17. The van der Waals surface area contributed by atoms with Crippen molar-refractivity contribution in [1.29, 1.82) is 0 Å². The quantitative estimate of drug-likeness (QED) is 0.680. The van der Waals surface area contributed by atoms with Crippen LogP contribution in [0.5, 0.6) is 0 Å². The van der Waals surface area contributed by atoms with E-state index in [1.807, 2.05) is 28.8 Å². The number of para-hydroxylation sites is 2. The minimum atomic E-state index is -0.286. The number of nitrogens with zero attached hydrogens (tertiary/aromatic N) is 2. The van der Waals surface area contributed by atoms with Gasteiger partial charge in [0.2, 0.25) is 0 Å². The lowest BCUT2D eigenvalue weighted by Gasteiger charge is -2.19. The summed E-state index contributed by atoms with van der Waals surface area (Å²) in [6.45, 7) is 6.71. The lowest BCUT2D eigenvalue weighted by molar-refractivity contribution is -0.141. The number of hydrogen-bond acceptors (Lipinski definition) is 3. The number of imidazole rings is 1. The summed E-state index contributed by atoms with van der Waals surface area (Å²) in [4.78, 5) is 16.5. The van der Waals surface area contributed by atoms with E-state index in [0.717, 1.165) is 22.4 Å². The summed E-state index contributed by atoms with van der Waals surface area (Å²) in [6, 6.07) is 16.2. The highest BCUT2D eigenvalue weighted by Gasteiger charge is 2.17. The molecular formula is C20H22N2O2. The SMILES string of the molecule is COC(=O)Cn1c(-c2ccc(C(C)(C)C)cc2)nc2ccccc21. The van der Waals surface area contributed by atoms with Crippen LogP contribution in [0, 0.1) is 0 Å². The first kappa shape index (κ1) is 16.2. The Morgan fingerprint density at radius 3 is 2.38 bits per heavy atom. The number of carbonyl (C=O) groups is 1. The van der Waals surface area contributed by atoms with Crippen LogP contribution in [0.25, 0.3) is 22.4 Å². The highest BCUT2D eigenvalue weighted by molar-refractivity contribution is 5.83. The minimum absolute atomic E-state index is 0.102. The largest absolute Gasteiger partial charge is 0.468 e. The molecule has 0 fully saturated rings. The van der Waals surface area contributed by atoms with E-state index < -0.39 is 0 Å². The van der Waals surface area contributed by atoms with Gasteiger partial charge in [-0.05, 0) is 23.1 Å². The van der Waals surface area contributed by atoms with E-state index in [1.54, 1.807) is 0 Å². The molecule has 3 rings (SSSR count). The average molecular weight is 322 g/mol. The van der Waals surface area contributed by atoms with E-state index >= 15 is 0 Å². The summed E-state index contributed by atoms with van der Waals surface area (Å²) in [5.41, 5.74) is 4.16. The molecule has 0 atom stereocenters. The highest BCUT2D eigenvalue weighted by atomic mass is 16.5. The highest BCUT2D eigenvalue weighted by Crippen LogP contribution is 2.28. The van der Waals surface area contributed by atoms with Gasteiger partial charge < -0.3 is 9.30 Å². The summed E-state index contributed by atoms with van der Waals surface area (Å²) in [5, 5.41) is 0. The van der Waals surface area contributed by atoms with Crippen LogP contribution in [0.3, 0.4) is 0 Å².